The summed E-state index contributed by atoms with van der Waals surface area (Å²) < 4.78 is 39.0. The van der Waals surface area contributed by atoms with E-state index < -0.39 is 15.7 Å². The van der Waals surface area contributed by atoms with Crippen molar-refractivity contribution in [2.45, 2.75) is 24.1 Å². The lowest BCUT2D eigenvalue weighted by molar-refractivity contribution is -0.118. The molecule has 0 aromatic heterocycles. The third-order valence-electron chi connectivity index (χ3n) is 4.37. The largest absolute Gasteiger partial charge is 0.313 e. The van der Waals surface area contributed by atoms with Gasteiger partial charge in [-0.3, -0.25) is 4.79 Å². The Morgan fingerprint density at radius 2 is 2.08 bits per heavy atom. The molecular weight excluding hydrogens is 419 g/mol. The number of aliphatic imine (C=N–C) groups is 1. The van der Waals surface area contributed by atoms with Gasteiger partial charge in [-0.05, 0) is 31.0 Å². The van der Waals surface area contributed by atoms with Crippen LogP contribution in [-0.2, 0) is 14.6 Å². The number of fused-ring (bicyclic) bond motifs is 1. The van der Waals surface area contributed by atoms with Crippen LogP contribution in [-0.4, -0.2) is 42.3 Å². The zero-order valence-electron chi connectivity index (χ0n) is 12.5. The van der Waals surface area contributed by atoms with Crippen molar-refractivity contribution >= 4 is 54.3 Å². The molecule has 1 aromatic rings. The second-order valence-electron chi connectivity index (χ2n) is 6.27. The summed E-state index contributed by atoms with van der Waals surface area (Å²) in [6.45, 7) is 0. The van der Waals surface area contributed by atoms with E-state index in [-0.39, 0.29) is 40.3 Å². The summed E-state index contributed by atoms with van der Waals surface area (Å²) in [5.74, 6) is -0.701. The Bertz CT molecular complexity index is 854. The predicted octanol–water partition coefficient (Wildman–Crippen LogP) is 2.60. The van der Waals surface area contributed by atoms with Gasteiger partial charge in [-0.25, -0.2) is 12.8 Å². The van der Waals surface area contributed by atoms with Gasteiger partial charge in [0, 0.05) is 15.6 Å². The van der Waals surface area contributed by atoms with E-state index in [9.17, 15) is 17.6 Å². The summed E-state index contributed by atoms with van der Waals surface area (Å²) in [6, 6.07) is 4.23. The number of halogens is 2. The molecule has 1 amide bonds. The van der Waals surface area contributed by atoms with Crippen molar-refractivity contribution in [2.75, 3.05) is 16.4 Å². The Kier molecular flexibility index (Phi) is 4.00. The lowest BCUT2D eigenvalue weighted by Crippen LogP contribution is -2.38. The molecule has 1 aromatic carbocycles. The molecule has 1 saturated carbocycles. The number of hydrogen-bond donors (Lipinski definition) is 0. The van der Waals surface area contributed by atoms with E-state index in [1.807, 2.05) is 0 Å². The van der Waals surface area contributed by atoms with Crippen molar-refractivity contribution in [3.8, 4) is 0 Å². The van der Waals surface area contributed by atoms with Crippen LogP contribution in [0.25, 0.3) is 0 Å². The summed E-state index contributed by atoms with van der Waals surface area (Å²) in [4.78, 5) is 17.9. The summed E-state index contributed by atoms with van der Waals surface area (Å²) in [5.41, 5.74) is 0.262. The Balaban J connectivity index is 1.76. The van der Waals surface area contributed by atoms with Crippen LogP contribution < -0.4 is 4.90 Å². The SMILES string of the molecule is O=C(N=C1S[C@@H]2CS(=O)(=O)C[C@H]2N1c1ccc(Br)cc1F)C1CC1. The molecule has 0 bridgehead atoms. The van der Waals surface area contributed by atoms with Gasteiger partial charge in [0.15, 0.2) is 15.0 Å². The number of benzene rings is 1. The minimum Gasteiger partial charge on any atom is -0.313 e. The Morgan fingerprint density at radius 1 is 1.33 bits per heavy atom. The second kappa shape index (κ2) is 5.81. The minimum atomic E-state index is -3.16. The second-order valence-corrected chi connectivity index (χ2v) is 10.5. The van der Waals surface area contributed by atoms with Crippen molar-refractivity contribution < 1.29 is 17.6 Å². The van der Waals surface area contributed by atoms with Crippen LogP contribution in [0, 0.1) is 11.7 Å². The Hall–Kier alpha value is -0.930. The van der Waals surface area contributed by atoms with Crippen molar-refractivity contribution in [3.05, 3.63) is 28.5 Å². The molecule has 5 nitrogen and oxygen atoms in total. The number of carbonyl (C=O) groups excluding carboxylic acids is 1. The van der Waals surface area contributed by atoms with Crippen molar-refractivity contribution in [3.63, 3.8) is 0 Å². The molecule has 0 unspecified atom stereocenters. The quantitative estimate of drug-likeness (QED) is 0.718. The van der Waals surface area contributed by atoms with Crippen molar-refractivity contribution in [1.82, 2.24) is 0 Å². The van der Waals surface area contributed by atoms with Crippen LogP contribution in [0.3, 0.4) is 0 Å². The van der Waals surface area contributed by atoms with Gasteiger partial charge in [0.1, 0.15) is 5.82 Å². The highest BCUT2D eigenvalue weighted by molar-refractivity contribution is 9.10. The Morgan fingerprint density at radius 3 is 2.75 bits per heavy atom. The molecule has 2 saturated heterocycles. The lowest BCUT2D eigenvalue weighted by Gasteiger charge is -2.25. The molecule has 24 heavy (non-hydrogen) atoms. The minimum absolute atomic E-state index is 0.0288. The summed E-state index contributed by atoms with van der Waals surface area (Å²) in [5, 5.41) is 0.196. The van der Waals surface area contributed by atoms with Crippen molar-refractivity contribution in [2.24, 2.45) is 10.9 Å². The standard InChI is InChI=1S/C15H14BrFN2O3S2/c16-9-3-4-11(10(17)5-9)19-12-6-24(21,22)7-13(12)23-15(19)18-14(20)8-1-2-8/h3-5,8,12-13H,1-2,6-7H2/t12-,13-/m1/s1. The number of sulfone groups is 1. The first-order chi connectivity index (χ1) is 11.3. The lowest BCUT2D eigenvalue weighted by atomic mass is 10.2. The number of carbonyl (C=O) groups is 1. The zero-order chi connectivity index (χ0) is 17.1. The monoisotopic (exact) mass is 432 g/mol. The van der Waals surface area contributed by atoms with E-state index in [1.54, 1.807) is 17.0 Å². The number of rotatable bonds is 2. The molecule has 2 aliphatic heterocycles. The molecule has 1 aliphatic carbocycles. The maximum Gasteiger partial charge on any atom is 0.251 e. The Labute approximate surface area is 151 Å². The van der Waals surface area contributed by atoms with Gasteiger partial charge < -0.3 is 4.90 Å². The summed E-state index contributed by atoms with van der Waals surface area (Å²) >= 11 is 4.49. The fraction of sp³-hybridized carbons (Fsp3) is 0.467. The maximum absolute atomic E-state index is 14.5. The third-order valence-corrected chi connectivity index (χ3v) is 8.07. The van der Waals surface area contributed by atoms with Gasteiger partial charge >= 0.3 is 0 Å². The fourth-order valence-electron chi connectivity index (χ4n) is 3.04. The zero-order valence-corrected chi connectivity index (χ0v) is 15.7. The van der Waals surface area contributed by atoms with Crippen LogP contribution in [0.2, 0.25) is 0 Å². The first-order valence-electron chi connectivity index (χ1n) is 7.58. The first-order valence-corrected chi connectivity index (χ1v) is 11.1. The van der Waals surface area contributed by atoms with E-state index in [4.69, 9.17) is 0 Å². The number of nitrogens with zero attached hydrogens (tertiary/aromatic N) is 2. The van der Waals surface area contributed by atoms with Crippen LogP contribution in [0.5, 0.6) is 0 Å². The highest BCUT2D eigenvalue weighted by Crippen LogP contribution is 2.42. The first kappa shape index (κ1) is 16.5. The number of thioether (sulfide) groups is 1. The number of hydrogen-bond acceptors (Lipinski definition) is 4. The predicted molar refractivity (Wildman–Crippen MR) is 95.6 cm³/mol. The van der Waals surface area contributed by atoms with Gasteiger partial charge in [-0.1, -0.05) is 27.7 Å². The smallest absolute Gasteiger partial charge is 0.251 e. The molecule has 4 rings (SSSR count). The highest BCUT2D eigenvalue weighted by atomic mass is 79.9. The topological polar surface area (TPSA) is 66.8 Å². The molecule has 2 heterocycles. The van der Waals surface area contributed by atoms with Gasteiger partial charge in [-0.15, -0.1) is 0 Å². The van der Waals surface area contributed by atoms with Gasteiger partial charge in [0.05, 0.1) is 23.2 Å². The van der Waals surface area contributed by atoms with Crippen LogP contribution in [0.1, 0.15) is 12.8 Å². The van der Waals surface area contributed by atoms with E-state index in [0.29, 0.717) is 9.64 Å². The molecule has 0 N–H and O–H groups in total. The molecule has 9 heteroatoms. The van der Waals surface area contributed by atoms with Crippen LogP contribution in [0.4, 0.5) is 10.1 Å². The number of amides is 1. The molecule has 0 spiro atoms. The van der Waals surface area contributed by atoms with Crippen LogP contribution >= 0.6 is 27.7 Å². The summed E-state index contributed by atoms with van der Waals surface area (Å²) in [7, 11) is -3.16. The normalized spacial score (nSPS) is 29.9. The van der Waals surface area contributed by atoms with E-state index in [2.05, 4.69) is 20.9 Å². The van der Waals surface area contributed by atoms with Gasteiger partial charge in [0.25, 0.3) is 5.91 Å². The highest BCUT2D eigenvalue weighted by Gasteiger charge is 2.50. The average molecular weight is 433 g/mol. The molecule has 0 radical (unpaired) electrons. The van der Waals surface area contributed by atoms with E-state index in [0.717, 1.165) is 12.8 Å². The number of anilines is 1. The molecule has 3 fully saturated rings. The van der Waals surface area contributed by atoms with Crippen LogP contribution in [0.15, 0.2) is 27.7 Å². The average Bonchev–Trinajstić information content (AvgIpc) is 3.22. The van der Waals surface area contributed by atoms with Gasteiger partial charge in [0.2, 0.25) is 0 Å². The molecular formula is C15H14BrFN2O3S2. The fourth-order valence-corrected chi connectivity index (χ4v) is 7.28. The maximum atomic E-state index is 14.5. The van der Waals surface area contributed by atoms with Gasteiger partial charge in [-0.2, -0.15) is 4.99 Å². The van der Waals surface area contributed by atoms with E-state index in [1.165, 1.54) is 17.8 Å². The third kappa shape index (κ3) is 3.01. The van der Waals surface area contributed by atoms with Crippen molar-refractivity contribution in [1.29, 1.82) is 0 Å². The van der Waals surface area contributed by atoms with E-state index >= 15 is 0 Å². The molecule has 2 atom stereocenters. The summed E-state index contributed by atoms with van der Waals surface area (Å²) in [6.07, 6.45) is 1.68. The molecule has 3 aliphatic rings. The molecule has 128 valence electrons. The number of amidine groups is 1.